The zero-order valence-electron chi connectivity index (χ0n) is 22.6. The van der Waals surface area contributed by atoms with Gasteiger partial charge in [0.05, 0.1) is 48.1 Å². The highest BCUT2D eigenvalue weighted by molar-refractivity contribution is 5.63. The summed E-state index contributed by atoms with van der Waals surface area (Å²) in [5.41, 5.74) is 3.95. The number of carboxylic acid groups (broad SMARTS) is 1. The maximum Gasteiger partial charge on any atom is 0.300 e. The molecule has 0 amide bonds. The first kappa shape index (κ1) is 28.9. The van der Waals surface area contributed by atoms with Gasteiger partial charge in [-0.1, -0.05) is 26.8 Å². The smallest absolute Gasteiger partial charge is 0.300 e. The molecule has 1 fully saturated rings. The quantitative estimate of drug-likeness (QED) is 0.489. The van der Waals surface area contributed by atoms with Gasteiger partial charge < -0.3 is 14.6 Å². The maximum atomic E-state index is 14.0. The molecular formula is C27H36F2N6O3. The van der Waals surface area contributed by atoms with E-state index in [1.165, 1.54) is 0 Å². The summed E-state index contributed by atoms with van der Waals surface area (Å²) in [4.78, 5) is 32.5. The van der Waals surface area contributed by atoms with Crippen molar-refractivity contribution in [2.45, 2.75) is 65.8 Å². The summed E-state index contributed by atoms with van der Waals surface area (Å²) in [6, 6.07) is 3.48. The molecule has 4 rings (SSSR count). The molecule has 206 valence electrons. The second-order valence-corrected chi connectivity index (χ2v) is 10.0. The number of alkyl halides is 2. The number of aryl methyl sites for hydroxylation is 2. The van der Waals surface area contributed by atoms with Crippen LogP contribution >= 0.6 is 0 Å². The largest absolute Gasteiger partial charge is 0.481 e. The van der Waals surface area contributed by atoms with Crippen LogP contribution in [0, 0.1) is 5.92 Å². The van der Waals surface area contributed by atoms with Crippen molar-refractivity contribution in [3.63, 3.8) is 0 Å². The standard InChI is InChI=1S/C25H32F2N6O.C2H4O2/c1-5-20-21(32-10-6-9-25(26,27)16-32)13-28-24(30-20)19-12-29-31(4)22(19)15-33-14-18(11-17(2)3)7-8-23(33)34;1-2(3)4/h7-8,12-14,17H,5-6,9-11,15-16H2,1-4H3;1H3,(H,3,4). The third kappa shape index (κ3) is 7.45. The monoisotopic (exact) mass is 530 g/mol. The fourth-order valence-electron chi connectivity index (χ4n) is 4.53. The summed E-state index contributed by atoms with van der Waals surface area (Å²) in [6.07, 6.45) is 7.08. The predicted octanol–water partition coefficient (Wildman–Crippen LogP) is 4.17. The Labute approximate surface area is 221 Å². The third-order valence-corrected chi connectivity index (χ3v) is 6.23. The number of piperidine rings is 1. The number of halogens is 2. The zero-order valence-corrected chi connectivity index (χ0v) is 22.6. The molecule has 9 nitrogen and oxygen atoms in total. The first-order valence-electron chi connectivity index (χ1n) is 12.8. The predicted molar refractivity (Wildman–Crippen MR) is 142 cm³/mol. The van der Waals surface area contributed by atoms with Gasteiger partial charge >= 0.3 is 0 Å². The van der Waals surface area contributed by atoms with Crippen molar-refractivity contribution in [3.8, 4) is 11.4 Å². The summed E-state index contributed by atoms with van der Waals surface area (Å²) in [6.45, 7) is 7.93. The van der Waals surface area contributed by atoms with E-state index in [0.29, 0.717) is 43.4 Å². The van der Waals surface area contributed by atoms with Crippen LogP contribution in [0.1, 0.15) is 57.5 Å². The molecule has 4 heterocycles. The number of aromatic nitrogens is 5. The van der Waals surface area contributed by atoms with Crippen LogP contribution in [0.2, 0.25) is 0 Å². The van der Waals surface area contributed by atoms with Crippen molar-refractivity contribution in [3.05, 3.63) is 58.0 Å². The molecule has 38 heavy (non-hydrogen) atoms. The van der Waals surface area contributed by atoms with E-state index >= 15 is 0 Å². The molecule has 3 aromatic rings. The van der Waals surface area contributed by atoms with Crippen LogP contribution in [0.15, 0.2) is 35.5 Å². The number of rotatable bonds is 7. The van der Waals surface area contributed by atoms with Crippen LogP contribution in [-0.4, -0.2) is 54.4 Å². The van der Waals surface area contributed by atoms with Crippen LogP contribution in [0.25, 0.3) is 11.4 Å². The maximum absolute atomic E-state index is 14.0. The van der Waals surface area contributed by atoms with Crippen LogP contribution in [-0.2, 0) is 31.2 Å². The number of hydrogen-bond donors (Lipinski definition) is 1. The summed E-state index contributed by atoms with van der Waals surface area (Å²) >= 11 is 0. The average Bonchev–Trinajstić information content (AvgIpc) is 3.19. The van der Waals surface area contributed by atoms with Crippen molar-refractivity contribution in [1.82, 2.24) is 24.3 Å². The van der Waals surface area contributed by atoms with Gasteiger partial charge in [-0.05, 0) is 30.7 Å². The second-order valence-electron chi connectivity index (χ2n) is 10.0. The Balaban J connectivity index is 0.000000934. The SMILES string of the molecule is CC(=O)O.CCc1nc(-c2cnn(C)c2Cn2cc(CC(C)C)ccc2=O)ncc1N1CCCC(F)(F)C1. The minimum absolute atomic E-state index is 0.0827. The number of aliphatic carboxylic acids is 1. The lowest BCUT2D eigenvalue weighted by atomic mass is 10.0. The van der Waals surface area contributed by atoms with Gasteiger partial charge in [0.25, 0.3) is 17.5 Å². The molecule has 0 bridgehead atoms. The van der Waals surface area contributed by atoms with Crippen LogP contribution in [0.4, 0.5) is 14.5 Å². The highest BCUT2D eigenvalue weighted by Gasteiger charge is 2.36. The van der Waals surface area contributed by atoms with Gasteiger partial charge in [0.15, 0.2) is 5.82 Å². The minimum Gasteiger partial charge on any atom is -0.481 e. The number of anilines is 1. The first-order valence-corrected chi connectivity index (χ1v) is 12.8. The zero-order chi connectivity index (χ0) is 28.0. The summed E-state index contributed by atoms with van der Waals surface area (Å²) in [5.74, 6) is -2.56. The summed E-state index contributed by atoms with van der Waals surface area (Å²) in [5, 5.41) is 11.8. The van der Waals surface area contributed by atoms with E-state index in [2.05, 4.69) is 23.9 Å². The van der Waals surface area contributed by atoms with Crippen LogP contribution in [0.3, 0.4) is 0 Å². The Kier molecular flexibility index (Phi) is 9.35. The molecule has 1 aliphatic heterocycles. The number of hydrogen-bond acceptors (Lipinski definition) is 6. The molecule has 1 N–H and O–H groups in total. The normalized spacial score (nSPS) is 14.8. The lowest BCUT2D eigenvalue weighted by molar-refractivity contribution is -0.134. The molecule has 11 heteroatoms. The van der Waals surface area contributed by atoms with E-state index in [4.69, 9.17) is 14.9 Å². The molecule has 0 aliphatic carbocycles. The Hall–Kier alpha value is -3.63. The van der Waals surface area contributed by atoms with Crippen LogP contribution < -0.4 is 10.5 Å². The summed E-state index contributed by atoms with van der Waals surface area (Å²) < 4.78 is 31.4. The first-order chi connectivity index (χ1) is 17.9. The minimum atomic E-state index is -2.70. The Morgan fingerprint density at radius 3 is 2.58 bits per heavy atom. The van der Waals surface area contributed by atoms with Crippen molar-refractivity contribution in [2.75, 3.05) is 18.0 Å². The molecule has 0 aromatic carbocycles. The Morgan fingerprint density at radius 1 is 1.24 bits per heavy atom. The van der Waals surface area contributed by atoms with E-state index in [1.807, 2.05) is 26.2 Å². The highest BCUT2D eigenvalue weighted by Crippen LogP contribution is 2.32. The van der Waals surface area contributed by atoms with E-state index in [-0.39, 0.29) is 18.5 Å². The second kappa shape index (κ2) is 12.3. The van der Waals surface area contributed by atoms with Crippen LogP contribution in [0.5, 0.6) is 0 Å². The van der Waals surface area contributed by atoms with Gasteiger partial charge in [-0.2, -0.15) is 5.10 Å². The van der Waals surface area contributed by atoms with Gasteiger partial charge in [-0.3, -0.25) is 14.3 Å². The Bertz CT molecular complexity index is 1310. The van der Waals surface area contributed by atoms with Crippen molar-refractivity contribution in [1.29, 1.82) is 0 Å². The average molecular weight is 531 g/mol. The topological polar surface area (TPSA) is 106 Å². The number of carbonyl (C=O) groups is 1. The third-order valence-electron chi connectivity index (χ3n) is 6.23. The number of pyridine rings is 1. The van der Waals surface area contributed by atoms with Gasteiger partial charge in [0, 0.05) is 39.2 Å². The van der Waals surface area contributed by atoms with E-state index < -0.39 is 11.9 Å². The van der Waals surface area contributed by atoms with E-state index in [9.17, 15) is 13.6 Å². The van der Waals surface area contributed by atoms with Gasteiger partial charge in [-0.15, -0.1) is 0 Å². The van der Waals surface area contributed by atoms with Crippen molar-refractivity contribution >= 4 is 11.7 Å². The van der Waals surface area contributed by atoms with Crippen molar-refractivity contribution < 1.29 is 18.7 Å². The molecule has 1 aliphatic rings. The molecule has 3 aromatic heterocycles. The fourth-order valence-corrected chi connectivity index (χ4v) is 4.53. The molecule has 0 atom stereocenters. The Morgan fingerprint density at radius 2 is 1.95 bits per heavy atom. The molecule has 1 saturated heterocycles. The lowest BCUT2D eigenvalue weighted by Crippen LogP contribution is -2.43. The molecule has 0 unspecified atom stereocenters. The molecule has 0 radical (unpaired) electrons. The molecule has 0 saturated carbocycles. The fraction of sp³-hybridized carbons (Fsp3) is 0.519. The highest BCUT2D eigenvalue weighted by atomic mass is 19.3. The lowest BCUT2D eigenvalue weighted by Gasteiger charge is -2.34. The van der Waals surface area contributed by atoms with E-state index in [0.717, 1.165) is 35.9 Å². The number of carboxylic acids is 1. The summed E-state index contributed by atoms with van der Waals surface area (Å²) in [7, 11) is 1.83. The van der Waals surface area contributed by atoms with Gasteiger partial charge in [0.1, 0.15) is 0 Å². The van der Waals surface area contributed by atoms with Crippen molar-refractivity contribution in [2.24, 2.45) is 13.0 Å². The van der Waals surface area contributed by atoms with Gasteiger partial charge in [0.2, 0.25) is 0 Å². The number of nitrogens with zero attached hydrogens (tertiary/aromatic N) is 6. The van der Waals surface area contributed by atoms with Gasteiger partial charge in [-0.25, -0.2) is 18.7 Å². The molecular weight excluding hydrogens is 494 g/mol. The van der Waals surface area contributed by atoms with E-state index in [1.54, 1.807) is 32.6 Å². The molecule has 0 spiro atoms.